The third kappa shape index (κ3) is 6.74. The summed E-state index contributed by atoms with van der Waals surface area (Å²) in [5.41, 5.74) is 2.66. The molecule has 29 heavy (non-hydrogen) atoms. The molecule has 1 aromatic carbocycles. The molecule has 160 valence electrons. The molecule has 0 aromatic heterocycles. The number of aliphatic imine (C=N–C) groups is 1. The van der Waals surface area contributed by atoms with Crippen LogP contribution >= 0.6 is 0 Å². The Bertz CT molecular complexity index is 682. The highest BCUT2D eigenvalue weighted by molar-refractivity contribution is 5.80. The van der Waals surface area contributed by atoms with E-state index < -0.39 is 0 Å². The van der Waals surface area contributed by atoms with Crippen LogP contribution in [-0.4, -0.2) is 60.9 Å². The minimum Gasteiger partial charge on any atom is -0.352 e. The van der Waals surface area contributed by atoms with Crippen LogP contribution in [0.15, 0.2) is 29.3 Å². The van der Waals surface area contributed by atoms with E-state index in [-0.39, 0.29) is 11.9 Å². The van der Waals surface area contributed by atoms with Gasteiger partial charge in [0.05, 0.1) is 0 Å². The molecule has 1 atom stereocenters. The van der Waals surface area contributed by atoms with Crippen molar-refractivity contribution in [2.24, 2.45) is 4.99 Å². The fourth-order valence-electron chi connectivity index (χ4n) is 4.29. The van der Waals surface area contributed by atoms with Gasteiger partial charge >= 0.3 is 0 Å². The largest absolute Gasteiger partial charge is 0.352 e. The van der Waals surface area contributed by atoms with Crippen molar-refractivity contribution in [3.05, 3.63) is 35.4 Å². The first-order chi connectivity index (χ1) is 14.2. The smallest absolute Gasteiger partial charge is 0.222 e. The molecule has 2 saturated heterocycles. The van der Waals surface area contributed by atoms with Crippen molar-refractivity contribution in [1.82, 2.24) is 20.4 Å². The summed E-state index contributed by atoms with van der Waals surface area (Å²) in [5.74, 6) is 1.04. The number of likely N-dealkylation sites (tertiary alicyclic amines) is 2. The van der Waals surface area contributed by atoms with Crippen LogP contribution in [0.1, 0.15) is 56.6 Å². The molecule has 1 aromatic rings. The van der Waals surface area contributed by atoms with Crippen LogP contribution in [0.2, 0.25) is 0 Å². The maximum Gasteiger partial charge on any atom is 0.222 e. The van der Waals surface area contributed by atoms with Gasteiger partial charge in [0.25, 0.3) is 0 Å². The Morgan fingerprint density at radius 1 is 1.14 bits per heavy atom. The van der Waals surface area contributed by atoms with Gasteiger partial charge in [-0.15, -0.1) is 0 Å². The topological polar surface area (TPSA) is 60.0 Å². The van der Waals surface area contributed by atoms with Gasteiger partial charge in [0.1, 0.15) is 0 Å². The average Bonchev–Trinajstić information content (AvgIpc) is 3.06. The number of hydrogen-bond donors (Lipinski definition) is 2. The number of rotatable bonds is 6. The lowest BCUT2D eigenvalue weighted by atomic mass is 10.1. The van der Waals surface area contributed by atoms with E-state index in [9.17, 15) is 4.79 Å². The standard InChI is InChI=1S/C23H37N5O/c1-3-22(29)28-14-11-21(18-28)26-23(24-2)25-16-19-9-8-10-20(15-19)17-27-12-6-4-5-7-13-27/h8-10,15,21H,3-7,11-14,16-18H2,1-2H3,(H2,24,25,26). The molecular weight excluding hydrogens is 362 g/mol. The number of carbonyl (C=O) groups excluding carboxylic acids is 1. The first-order valence-electron chi connectivity index (χ1n) is 11.2. The van der Waals surface area contributed by atoms with E-state index in [1.807, 2.05) is 11.8 Å². The van der Waals surface area contributed by atoms with E-state index in [0.717, 1.165) is 38.6 Å². The van der Waals surface area contributed by atoms with Crippen LogP contribution in [0.4, 0.5) is 0 Å². The molecule has 0 radical (unpaired) electrons. The minimum atomic E-state index is 0.235. The normalized spacial score (nSPS) is 21.1. The van der Waals surface area contributed by atoms with Crippen molar-refractivity contribution in [3.8, 4) is 0 Å². The lowest BCUT2D eigenvalue weighted by molar-refractivity contribution is -0.129. The zero-order valence-electron chi connectivity index (χ0n) is 18.1. The fraction of sp³-hybridized carbons (Fsp3) is 0.652. The monoisotopic (exact) mass is 399 g/mol. The maximum absolute atomic E-state index is 11.9. The van der Waals surface area contributed by atoms with Crippen molar-refractivity contribution in [2.45, 2.75) is 64.6 Å². The third-order valence-corrected chi connectivity index (χ3v) is 5.96. The predicted octanol–water partition coefficient (Wildman–Crippen LogP) is 2.74. The van der Waals surface area contributed by atoms with E-state index in [0.29, 0.717) is 6.42 Å². The molecule has 2 fully saturated rings. The lowest BCUT2D eigenvalue weighted by Crippen LogP contribution is -2.44. The molecular formula is C23H37N5O. The number of nitrogens with one attached hydrogen (secondary N) is 2. The molecule has 0 aliphatic carbocycles. The number of carbonyl (C=O) groups is 1. The number of benzene rings is 1. The lowest BCUT2D eigenvalue weighted by Gasteiger charge is -2.20. The zero-order valence-corrected chi connectivity index (χ0v) is 18.1. The molecule has 6 nitrogen and oxygen atoms in total. The summed E-state index contributed by atoms with van der Waals surface area (Å²) in [5, 5.41) is 6.90. The summed E-state index contributed by atoms with van der Waals surface area (Å²) in [6.45, 7) is 7.75. The van der Waals surface area contributed by atoms with Crippen molar-refractivity contribution in [3.63, 3.8) is 0 Å². The highest BCUT2D eigenvalue weighted by atomic mass is 16.2. The van der Waals surface area contributed by atoms with E-state index in [2.05, 4.69) is 44.8 Å². The van der Waals surface area contributed by atoms with E-state index in [1.54, 1.807) is 7.05 Å². The summed E-state index contributed by atoms with van der Waals surface area (Å²) in [4.78, 5) is 20.8. The summed E-state index contributed by atoms with van der Waals surface area (Å²) in [6, 6.07) is 9.14. The number of nitrogens with zero attached hydrogens (tertiary/aromatic N) is 3. The Hall–Kier alpha value is -2.08. The molecule has 0 spiro atoms. The second-order valence-electron chi connectivity index (χ2n) is 8.26. The Balaban J connectivity index is 1.47. The fourth-order valence-corrected chi connectivity index (χ4v) is 4.29. The Morgan fingerprint density at radius 3 is 2.62 bits per heavy atom. The van der Waals surface area contributed by atoms with Gasteiger partial charge in [-0.3, -0.25) is 14.7 Å². The molecule has 2 aliphatic heterocycles. The quantitative estimate of drug-likeness (QED) is 0.570. The van der Waals surface area contributed by atoms with Gasteiger partial charge in [0.15, 0.2) is 5.96 Å². The van der Waals surface area contributed by atoms with Crippen LogP contribution in [-0.2, 0) is 17.9 Å². The van der Waals surface area contributed by atoms with Crippen molar-refractivity contribution >= 4 is 11.9 Å². The maximum atomic E-state index is 11.9. The molecule has 0 saturated carbocycles. The van der Waals surface area contributed by atoms with E-state index >= 15 is 0 Å². The van der Waals surface area contributed by atoms with Crippen molar-refractivity contribution in [1.29, 1.82) is 0 Å². The van der Waals surface area contributed by atoms with Crippen LogP contribution in [0.5, 0.6) is 0 Å². The predicted molar refractivity (Wildman–Crippen MR) is 119 cm³/mol. The highest BCUT2D eigenvalue weighted by Crippen LogP contribution is 2.14. The molecule has 2 N–H and O–H groups in total. The summed E-state index contributed by atoms with van der Waals surface area (Å²) >= 11 is 0. The van der Waals surface area contributed by atoms with Gasteiger partial charge in [-0.2, -0.15) is 0 Å². The Morgan fingerprint density at radius 2 is 1.90 bits per heavy atom. The SMILES string of the molecule is CCC(=O)N1CCC(NC(=NC)NCc2cccc(CN3CCCCCC3)c2)C1. The molecule has 1 amide bonds. The first kappa shape index (κ1) is 21.6. The van der Waals surface area contributed by atoms with Gasteiger partial charge in [-0.1, -0.05) is 44.0 Å². The van der Waals surface area contributed by atoms with Crippen LogP contribution < -0.4 is 10.6 Å². The van der Waals surface area contributed by atoms with Crippen molar-refractivity contribution in [2.75, 3.05) is 33.2 Å². The molecule has 0 bridgehead atoms. The molecule has 6 heteroatoms. The number of hydrogen-bond acceptors (Lipinski definition) is 3. The van der Waals surface area contributed by atoms with Gasteiger partial charge in [-0.05, 0) is 43.5 Å². The molecule has 2 aliphatic rings. The molecule has 3 rings (SSSR count). The summed E-state index contributed by atoms with van der Waals surface area (Å²) < 4.78 is 0. The third-order valence-electron chi connectivity index (χ3n) is 5.96. The number of amides is 1. The molecule has 1 unspecified atom stereocenters. The van der Waals surface area contributed by atoms with E-state index in [4.69, 9.17) is 0 Å². The van der Waals surface area contributed by atoms with Crippen molar-refractivity contribution < 1.29 is 4.79 Å². The van der Waals surface area contributed by atoms with E-state index in [1.165, 1.54) is 49.9 Å². The van der Waals surface area contributed by atoms with Gasteiger partial charge < -0.3 is 15.5 Å². The zero-order chi connectivity index (χ0) is 20.5. The summed E-state index contributed by atoms with van der Waals surface area (Å²) in [6.07, 6.45) is 6.94. The molecule has 2 heterocycles. The highest BCUT2D eigenvalue weighted by Gasteiger charge is 2.25. The second-order valence-corrected chi connectivity index (χ2v) is 8.26. The minimum absolute atomic E-state index is 0.235. The average molecular weight is 400 g/mol. The Labute approximate surface area is 175 Å². The van der Waals surface area contributed by atoms with Crippen LogP contribution in [0.25, 0.3) is 0 Å². The van der Waals surface area contributed by atoms with Crippen LogP contribution in [0.3, 0.4) is 0 Å². The van der Waals surface area contributed by atoms with Gasteiger partial charge in [0.2, 0.25) is 5.91 Å². The Kier molecular flexibility index (Phi) is 8.35. The van der Waals surface area contributed by atoms with Gasteiger partial charge in [0, 0.05) is 45.7 Å². The second kappa shape index (κ2) is 11.2. The number of guanidine groups is 1. The van der Waals surface area contributed by atoms with Gasteiger partial charge in [-0.25, -0.2) is 0 Å². The summed E-state index contributed by atoms with van der Waals surface area (Å²) in [7, 11) is 1.80. The van der Waals surface area contributed by atoms with Crippen LogP contribution in [0, 0.1) is 0 Å². The first-order valence-corrected chi connectivity index (χ1v) is 11.2.